The Balaban J connectivity index is 1.26. The molecule has 1 aliphatic carbocycles. The number of carbonyl (C=O) groups excluding carboxylic acids is 1. The maximum absolute atomic E-state index is 14.9. The highest BCUT2D eigenvalue weighted by Crippen LogP contribution is 2.53. The fourth-order valence-electron chi connectivity index (χ4n) is 5.01. The van der Waals surface area contributed by atoms with Crippen molar-refractivity contribution in [3.63, 3.8) is 0 Å². The van der Waals surface area contributed by atoms with Crippen molar-refractivity contribution < 1.29 is 28.3 Å². The number of aromatic nitrogens is 1. The number of nitrogens with zero attached hydrogens (tertiary/aromatic N) is 3. The summed E-state index contributed by atoms with van der Waals surface area (Å²) in [5.41, 5.74) is 1.49. The first-order chi connectivity index (χ1) is 13.5. The average molecular weight is 387 g/mol. The normalized spacial score (nSPS) is 34.8. The number of benzene rings is 1. The number of amides is 1. The summed E-state index contributed by atoms with van der Waals surface area (Å²) in [4.78, 5) is 15.9. The zero-order valence-electron chi connectivity index (χ0n) is 15.0. The molecule has 9 heteroatoms. The summed E-state index contributed by atoms with van der Waals surface area (Å²) in [5, 5.41) is 13.0. The van der Waals surface area contributed by atoms with E-state index in [0.29, 0.717) is 40.6 Å². The van der Waals surface area contributed by atoms with Crippen LogP contribution in [0.4, 0.5) is 20.6 Å². The maximum atomic E-state index is 14.9. The lowest BCUT2D eigenvalue weighted by Gasteiger charge is -2.37. The predicted octanol–water partition coefficient (Wildman–Crippen LogP) is 2.08. The number of anilines is 2. The van der Waals surface area contributed by atoms with Crippen molar-refractivity contribution in [3.8, 4) is 5.88 Å². The number of aliphatic hydroxyl groups is 1. The Morgan fingerprint density at radius 3 is 2.79 bits per heavy atom. The summed E-state index contributed by atoms with van der Waals surface area (Å²) in [7, 11) is 0. The van der Waals surface area contributed by atoms with Gasteiger partial charge in [-0.15, -0.1) is 0 Å². The van der Waals surface area contributed by atoms with E-state index < -0.39 is 17.9 Å². The Morgan fingerprint density at radius 1 is 1.32 bits per heavy atom. The van der Waals surface area contributed by atoms with E-state index in [4.69, 9.17) is 14.0 Å². The van der Waals surface area contributed by atoms with Crippen LogP contribution in [-0.2, 0) is 10.5 Å². The first-order valence-electron chi connectivity index (χ1n) is 9.35. The van der Waals surface area contributed by atoms with Crippen molar-refractivity contribution in [2.45, 2.75) is 18.8 Å². The standard InChI is InChI=1S/C19H18FN3O5/c1-9-19(14-8-26-21-17(14)27-19)28-18(25)23(9)10-2-3-16(15(20)4-10)22-5-11-12(6-22)13(11)7-24/h2-4,8-9,11-13,24H,5-7H2,1H3/t9?,11-,12?,13?,19+/m1/s1. The summed E-state index contributed by atoms with van der Waals surface area (Å²) < 4.78 is 30.8. The highest BCUT2D eigenvalue weighted by atomic mass is 19.1. The number of halogens is 1. The first kappa shape index (κ1) is 16.2. The number of carbonyl (C=O) groups is 1. The van der Waals surface area contributed by atoms with Crippen molar-refractivity contribution in [3.05, 3.63) is 35.8 Å². The van der Waals surface area contributed by atoms with Crippen LogP contribution < -0.4 is 14.5 Å². The van der Waals surface area contributed by atoms with Gasteiger partial charge in [-0.2, -0.15) is 0 Å². The molecule has 0 radical (unpaired) electrons. The summed E-state index contributed by atoms with van der Waals surface area (Å²) in [6.07, 6.45) is 0.786. The third-order valence-electron chi connectivity index (χ3n) is 6.67. The molecule has 1 amide bonds. The van der Waals surface area contributed by atoms with Gasteiger partial charge in [0, 0.05) is 19.7 Å². The Labute approximate surface area is 159 Å². The lowest BCUT2D eigenvalue weighted by atomic mass is 9.97. The summed E-state index contributed by atoms with van der Waals surface area (Å²) in [5.74, 6) is -0.0916. The molecule has 28 heavy (non-hydrogen) atoms. The van der Waals surface area contributed by atoms with Crippen LogP contribution in [0.1, 0.15) is 12.5 Å². The minimum Gasteiger partial charge on any atom is -0.425 e. The lowest BCUT2D eigenvalue weighted by Crippen LogP contribution is -2.51. The van der Waals surface area contributed by atoms with Crippen molar-refractivity contribution in [1.29, 1.82) is 0 Å². The molecule has 3 aliphatic heterocycles. The molecular formula is C19H18FN3O5. The third kappa shape index (κ3) is 1.87. The van der Waals surface area contributed by atoms with Crippen LogP contribution in [0.3, 0.4) is 0 Å². The van der Waals surface area contributed by atoms with E-state index in [1.54, 1.807) is 19.1 Å². The Morgan fingerprint density at radius 2 is 2.11 bits per heavy atom. The molecule has 1 spiro atoms. The SMILES string of the molecule is CC1N(c2ccc(N3CC4C(CO)[C@@H]4C3)c(F)c2)C(=O)O[C@@]12Oc1nocc12. The second-order valence-electron chi connectivity index (χ2n) is 7.93. The van der Waals surface area contributed by atoms with Gasteiger partial charge in [-0.1, -0.05) is 0 Å². The van der Waals surface area contributed by atoms with Gasteiger partial charge in [0.1, 0.15) is 23.7 Å². The third-order valence-corrected chi connectivity index (χ3v) is 6.67. The van der Waals surface area contributed by atoms with Gasteiger partial charge in [0.15, 0.2) is 0 Å². The van der Waals surface area contributed by atoms with Crippen molar-refractivity contribution in [2.24, 2.45) is 17.8 Å². The molecule has 1 aromatic carbocycles. The molecule has 4 aliphatic rings. The van der Waals surface area contributed by atoms with Gasteiger partial charge in [0.2, 0.25) is 0 Å². The topological polar surface area (TPSA) is 88.3 Å². The predicted molar refractivity (Wildman–Crippen MR) is 93.4 cm³/mol. The molecule has 2 saturated heterocycles. The first-order valence-corrected chi connectivity index (χ1v) is 9.35. The van der Waals surface area contributed by atoms with Crippen molar-refractivity contribution >= 4 is 17.5 Å². The van der Waals surface area contributed by atoms with Gasteiger partial charge in [-0.05, 0) is 48.0 Å². The van der Waals surface area contributed by atoms with Crippen LogP contribution >= 0.6 is 0 Å². The summed E-state index contributed by atoms with van der Waals surface area (Å²) >= 11 is 0. The van der Waals surface area contributed by atoms with Gasteiger partial charge in [0.05, 0.1) is 11.4 Å². The number of hydrogen-bond acceptors (Lipinski definition) is 7. The smallest absolute Gasteiger partial charge is 0.418 e. The lowest BCUT2D eigenvalue weighted by molar-refractivity contribution is -0.170. The van der Waals surface area contributed by atoms with E-state index in [0.717, 1.165) is 13.1 Å². The molecule has 4 heterocycles. The highest BCUT2D eigenvalue weighted by molar-refractivity contribution is 5.92. The molecular weight excluding hydrogens is 369 g/mol. The molecule has 5 atom stereocenters. The summed E-state index contributed by atoms with van der Waals surface area (Å²) in [6.45, 7) is 3.48. The van der Waals surface area contributed by atoms with Gasteiger partial charge < -0.3 is 24.0 Å². The van der Waals surface area contributed by atoms with E-state index >= 15 is 0 Å². The van der Waals surface area contributed by atoms with E-state index in [1.165, 1.54) is 17.2 Å². The molecule has 2 aromatic rings. The second-order valence-corrected chi connectivity index (χ2v) is 7.93. The fraction of sp³-hybridized carbons (Fsp3) is 0.474. The maximum Gasteiger partial charge on any atom is 0.418 e. The Kier molecular flexibility index (Phi) is 2.98. The molecule has 3 unspecified atom stereocenters. The molecule has 1 saturated carbocycles. The van der Waals surface area contributed by atoms with Crippen LogP contribution in [0.25, 0.3) is 0 Å². The average Bonchev–Trinajstić information content (AvgIpc) is 2.98. The minimum atomic E-state index is -1.27. The van der Waals surface area contributed by atoms with E-state index in [1.807, 2.05) is 4.90 Å². The van der Waals surface area contributed by atoms with Crippen LogP contribution in [0.15, 0.2) is 29.0 Å². The zero-order valence-corrected chi connectivity index (χ0v) is 15.0. The van der Waals surface area contributed by atoms with Crippen LogP contribution in [0.5, 0.6) is 5.88 Å². The number of rotatable bonds is 3. The van der Waals surface area contributed by atoms with E-state index in [2.05, 4.69) is 5.16 Å². The largest absolute Gasteiger partial charge is 0.425 e. The van der Waals surface area contributed by atoms with Gasteiger partial charge in [-0.25, -0.2) is 9.18 Å². The number of aliphatic hydroxyl groups excluding tert-OH is 1. The second kappa shape index (κ2) is 5.16. The van der Waals surface area contributed by atoms with Crippen LogP contribution in [0.2, 0.25) is 0 Å². The van der Waals surface area contributed by atoms with Crippen molar-refractivity contribution in [1.82, 2.24) is 5.16 Å². The Bertz CT molecular complexity index is 984. The van der Waals surface area contributed by atoms with Crippen LogP contribution in [-0.4, -0.2) is 42.1 Å². The number of piperidine rings is 1. The molecule has 8 nitrogen and oxygen atoms in total. The Hall–Kier alpha value is -2.81. The van der Waals surface area contributed by atoms with E-state index in [9.17, 15) is 14.3 Å². The van der Waals surface area contributed by atoms with Crippen LogP contribution in [0, 0.1) is 23.6 Å². The number of fused-ring (bicyclic) bond motifs is 3. The quantitative estimate of drug-likeness (QED) is 0.863. The number of ether oxygens (including phenoxy) is 2. The summed E-state index contributed by atoms with van der Waals surface area (Å²) in [6, 6.07) is 4.26. The molecule has 3 fully saturated rings. The van der Waals surface area contributed by atoms with E-state index in [-0.39, 0.29) is 12.4 Å². The fourth-order valence-corrected chi connectivity index (χ4v) is 5.01. The molecule has 1 N–H and O–H groups in total. The highest BCUT2D eigenvalue weighted by Gasteiger charge is 2.64. The molecule has 6 rings (SSSR count). The zero-order chi connectivity index (χ0) is 19.2. The molecule has 0 bridgehead atoms. The molecule has 146 valence electrons. The van der Waals surface area contributed by atoms with Gasteiger partial charge in [-0.3, -0.25) is 4.90 Å². The number of hydrogen-bond donors (Lipinski definition) is 1. The van der Waals surface area contributed by atoms with Crippen molar-refractivity contribution in [2.75, 3.05) is 29.5 Å². The molecule has 1 aromatic heterocycles. The van der Waals surface area contributed by atoms with Gasteiger partial charge in [0.25, 0.3) is 5.88 Å². The minimum absolute atomic E-state index is 0.206. The monoisotopic (exact) mass is 387 g/mol. The van der Waals surface area contributed by atoms with Gasteiger partial charge >= 0.3 is 11.9 Å².